The number of rotatable bonds is 3. The molecule has 0 atom stereocenters. The maximum Gasteiger partial charge on any atom is 0.231 e. The van der Waals surface area contributed by atoms with Gasteiger partial charge < -0.3 is 9.47 Å². The third-order valence-electron chi connectivity index (χ3n) is 4.14. The molecule has 4 nitrogen and oxygen atoms in total. The number of benzene rings is 2. The van der Waals surface area contributed by atoms with Gasteiger partial charge in [0.05, 0.1) is 11.0 Å². The van der Waals surface area contributed by atoms with Crippen LogP contribution < -0.4 is 9.47 Å². The fraction of sp³-hybridized carbons (Fsp3) is 0.278. The molecule has 0 aliphatic carbocycles. The molecule has 1 aliphatic heterocycles. The molecule has 22 heavy (non-hydrogen) atoms. The van der Waals surface area contributed by atoms with Crippen LogP contribution in [0.15, 0.2) is 36.4 Å². The molecule has 4 rings (SSSR count). The van der Waals surface area contributed by atoms with Crippen LogP contribution in [-0.2, 0) is 12.8 Å². The molecular weight excluding hydrogens is 276 g/mol. The fourth-order valence-corrected chi connectivity index (χ4v) is 2.92. The molecule has 0 saturated carbocycles. The highest BCUT2D eigenvalue weighted by Gasteiger charge is 2.19. The molecule has 0 unspecified atom stereocenters. The second kappa shape index (κ2) is 5.05. The zero-order chi connectivity index (χ0) is 15.1. The Hall–Kier alpha value is -2.49. The minimum Gasteiger partial charge on any atom is -0.454 e. The van der Waals surface area contributed by atoms with Gasteiger partial charge in [0.2, 0.25) is 6.79 Å². The van der Waals surface area contributed by atoms with Crippen molar-refractivity contribution in [1.29, 1.82) is 0 Å². The van der Waals surface area contributed by atoms with Crippen molar-refractivity contribution in [2.45, 2.75) is 26.7 Å². The Kier molecular flexibility index (Phi) is 3.03. The molecule has 0 fully saturated rings. The minimum atomic E-state index is 0.285. The second-order valence-electron chi connectivity index (χ2n) is 5.43. The summed E-state index contributed by atoms with van der Waals surface area (Å²) in [6.07, 6.45) is 1.92. The normalized spacial score (nSPS) is 13.0. The molecule has 0 spiro atoms. The van der Waals surface area contributed by atoms with E-state index in [0.29, 0.717) is 0 Å². The number of ether oxygens (including phenoxy) is 2. The number of fused-ring (bicyclic) bond motifs is 2. The van der Waals surface area contributed by atoms with E-state index in [-0.39, 0.29) is 6.79 Å². The van der Waals surface area contributed by atoms with E-state index in [2.05, 4.69) is 42.7 Å². The summed E-state index contributed by atoms with van der Waals surface area (Å²) < 4.78 is 13.2. The molecule has 0 radical (unpaired) electrons. The van der Waals surface area contributed by atoms with E-state index < -0.39 is 0 Å². The lowest BCUT2D eigenvalue weighted by atomic mass is 10.1. The Labute approximate surface area is 129 Å². The molecule has 0 N–H and O–H groups in total. The zero-order valence-corrected chi connectivity index (χ0v) is 12.8. The van der Waals surface area contributed by atoms with Crippen LogP contribution in [0, 0.1) is 0 Å². The highest BCUT2D eigenvalue weighted by Crippen LogP contribution is 2.37. The Morgan fingerprint density at radius 1 is 1.00 bits per heavy atom. The average Bonchev–Trinajstić information content (AvgIpc) is 3.15. The van der Waals surface area contributed by atoms with Crippen molar-refractivity contribution < 1.29 is 9.47 Å². The molecule has 3 aromatic rings. The zero-order valence-electron chi connectivity index (χ0n) is 12.8. The summed E-state index contributed by atoms with van der Waals surface area (Å²) in [5.41, 5.74) is 4.48. The minimum absolute atomic E-state index is 0.285. The Balaban J connectivity index is 1.94. The van der Waals surface area contributed by atoms with Gasteiger partial charge in [0.15, 0.2) is 11.5 Å². The first-order chi connectivity index (χ1) is 10.8. The number of hydrogen-bond acceptors (Lipinski definition) is 3. The van der Waals surface area contributed by atoms with E-state index in [1.54, 1.807) is 0 Å². The van der Waals surface area contributed by atoms with Crippen molar-refractivity contribution in [3.8, 4) is 17.2 Å². The smallest absolute Gasteiger partial charge is 0.231 e. The van der Waals surface area contributed by atoms with E-state index in [4.69, 9.17) is 14.5 Å². The fourth-order valence-electron chi connectivity index (χ4n) is 2.92. The molecule has 0 amide bonds. The number of aromatic nitrogens is 2. The predicted molar refractivity (Wildman–Crippen MR) is 85.9 cm³/mol. The molecule has 1 aromatic heterocycles. The first-order valence-corrected chi connectivity index (χ1v) is 7.70. The molecule has 2 heterocycles. The molecule has 0 bridgehead atoms. The summed E-state index contributed by atoms with van der Waals surface area (Å²) in [6, 6.07) is 12.7. The van der Waals surface area contributed by atoms with Gasteiger partial charge in [-0.1, -0.05) is 26.0 Å². The van der Waals surface area contributed by atoms with Crippen LogP contribution in [0.4, 0.5) is 0 Å². The van der Waals surface area contributed by atoms with Gasteiger partial charge >= 0.3 is 0 Å². The van der Waals surface area contributed by atoms with E-state index in [9.17, 15) is 0 Å². The summed E-state index contributed by atoms with van der Waals surface area (Å²) in [4.78, 5) is 4.76. The first-order valence-electron chi connectivity index (χ1n) is 7.70. The molecular formula is C18H18N2O2. The van der Waals surface area contributed by atoms with Crippen molar-refractivity contribution in [3.05, 3.63) is 47.8 Å². The van der Waals surface area contributed by atoms with Crippen LogP contribution in [0.2, 0.25) is 0 Å². The standard InChI is InChI=1S/C18H18N2O2/c1-3-12-5-7-13(8-6-12)20-15-10-17-16(21-11-22-17)9-14(15)19-18(20)4-2/h5-10H,3-4,11H2,1-2H3. The number of aryl methyl sites for hydroxylation is 2. The SMILES string of the molecule is CCc1ccc(-n2c(CC)nc3cc4c(cc32)OCO4)cc1. The third-order valence-corrected chi connectivity index (χ3v) is 4.14. The van der Waals surface area contributed by atoms with Crippen molar-refractivity contribution in [1.82, 2.24) is 9.55 Å². The maximum atomic E-state index is 5.51. The van der Waals surface area contributed by atoms with Crippen LogP contribution in [0.3, 0.4) is 0 Å². The highest BCUT2D eigenvalue weighted by atomic mass is 16.7. The van der Waals surface area contributed by atoms with Crippen molar-refractivity contribution in [3.63, 3.8) is 0 Å². The molecule has 1 aliphatic rings. The lowest BCUT2D eigenvalue weighted by molar-refractivity contribution is 0.174. The highest BCUT2D eigenvalue weighted by molar-refractivity contribution is 5.82. The van der Waals surface area contributed by atoms with E-state index >= 15 is 0 Å². The molecule has 2 aromatic carbocycles. The van der Waals surface area contributed by atoms with Crippen LogP contribution >= 0.6 is 0 Å². The van der Waals surface area contributed by atoms with Crippen LogP contribution in [-0.4, -0.2) is 16.3 Å². The monoisotopic (exact) mass is 294 g/mol. The summed E-state index contributed by atoms with van der Waals surface area (Å²) in [5.74, 6) is 2.62. The number of hydrogen-bond donors (Lipinski definition) is 0. The maximum absolute atomic E-state index is 5.51. The second-order valence-corrected chi connectivity index (χ2v) is 5.43. The topological polar surface area (TPSA) is 36.3 Å². The lowest BCUT2D eigenvalue weighted by Gasteiger charge is -2.09. The van der Waals surface area contributed by atoms with E-state index in [1.807, 2.05) is 12.1 Å². The van der Waals surface area contributed by atoms with Crippen molar-refractivity contribution in [2.75, 3.05) is 6.79 Å². The van der Waals surface area contributed by atoms with Gasteiger partial charge in [-0.2, -0.15) is 0 Å². The first kappa shape index (κ1) is 13.2. The molecule has 112 valence electrons. The predicted octanol–water partition coefficient (Wildman–Crippen LogP) is 3.88. The summed E-state index contributed by atoms with van der Waals surface area (Å²) in [7, 11) is 0. The number of imidazole rings is 1. The summed E-state index contributed by atoms with van der Waals surface area (Å²) in [6.45, 7) is 4.58. The summed E-state index contributed by atoms with van der Waals surface area (Å²) in [5, 5.41) is 0. The van der Waals surface area contributed by atoms with Gasteiger partial charge in [-0.25, -0.2) is 4.98 Å². The molecule has 0 saturated heterocycles. The van der Waals surface area contributed by atoms with Gasteiger partial charge in [-0.3, -0.25) is 4.57 Å². The van der Waals surface area contributed by atoms with Gasteiger partial charge in [0.1, 0.15) is 5.82 Å². The van der Waals surface area contributed by atoms with E-state index in [1.165, 1.54) is 5.56 Å². The average molecular weight is 294 g/mol. The summed E-state index contributed by atoms with van der Waals surface area (Å²) >= 11 is 0. The lowest BCUT2D eigenvalue weighted by Crippen LogP contribution is -2.00. The Morgan fingerprint density at radius 2 is 1.73 bits per heavy atom. The van der Waals surface area contributed by atoms with Crippen LogP contribution in [0.25, 0.3) is 16.7 Å². The van der Waals surface area contributed by atoms with E-state index in [0.717, 1.165) is 46.9 Å². The Bertz CT molecular complexity index is 834. The molecule has 4 heteroatoms. The quantitative estimate of drug-likeness (QED) is 0.735. The van der Waals surface area contributed by atoms with Crippen molar-refractivity contribution in [2.24, 2.45) is 0 Å². The van der Waals surface area contributed by atoms with Gasteiger partial charge in [-0.15, -0.1) is 0 Å². The van der Waals surface area contributed by atoms with Gasteiger partial charge in [0, 0.05) is 24.2 Å². The van der Waals surface area contributed by atoms with Crippen LogP contribution in [0.5, 0.6) is 11.5 Å². The number of nitrogens with zero attached hydrogens (tertiary/aromatic N) is 2. The van der Waals surface area contributed by atoms with Gasteiger partial charge in [0.25, 0.3) is 0 Å². The van der Waals surface area contributed by atoms with Crippen LogP contribution in [0.1, 0.15) is 25.2 Å². The third kappa shape index (κ3) is 1.95. The van der Waals surface area contributed by atoms with Gasteiger partial charge in [-0.05, 0) is 24.1 Å². The largest absolute Gasteiger partial charge is 0.454 e. The van der Waals surface area contributed by atoms with Crippen molar-refractivity contribution >= 4 is 11.0 Å². The Morgan fingerprint density at radius 3 is 2.41 bits per heavy atom.